The summed E-state index contributed by atoms with van der Waals surface area (Å²) >= 11 is 12.4. The number of nitrogens with zero attached hydrogens (tertiary/aromatic N) is 3. The van der Waals surface area contributed by atoms with E-state index >= 15 is 0 Å². The molecule has 4 aliphatic rings. The van der Waals surface area contributed by atoms with Crippen LogP contribution in [0.25, 0.3) is 0 Å². The van der Waals surface area contributed by atoms with Gasteiger partial charge in [0, 0.05) is 50.9 Å². The van der Waals surface area contributed by atoms with E-state index in [0.717, 1.165) is 43.6 Å². The number of nitrogens with one attached hydrogen (secondary N) is 2. The molecule has 0 spiro atoms. The number of phenols is 1. The van der Waals surface area contributed by atoms with Gasteiger partial charge in [0.25, 0.3) is 5.91 Å². The average Bonchev–Trinajstić information content (AvgIpc) is 3.25. The van der Waals surface area contributed by atoms with Gasteiger partial charge in [-0.2, -0.15) is 0 Å². The van der Waals surface area contributed by atoms with Gasteiger partial charge in [-0.25, -0.2) is 9.59 Å². The van der Waals surface area contributed by atoms with E-state index in [4.69, 9.17) is 27.9 Å². The highest BCUT2D eigenvalue weighted by molar-refractivity contribution is 6.37. The maximum atomic E-state index is 13.9. The van der Waals surface area contributed by atoms with Crippen molar-refractivity contribution < 1.29 is 24.2 Å². The van der Waals surface area contributed by atoms with Crippen LogP contribution in [-0.4, -0.2) is 95.8 Å². The van der Waals surface area contributed by atoms with Crippen LogP contribution in [0.5, 0.6) is 5.75 Å². The van der Waals surface area contributed by atoms with Crippen molar-refractivity contribution in [2.75, 3.05) is 51.1 Å². The van der Waals surface area contributed by atoms with E-state index in [9.17, 15) is 19.5 Å². The standard InChI is InChI=1S/C34H43Cl2N5O5/c35-27-19-22(20-28(36)31(27)42)21-30(32(43)39-14-7-24(8-15-39)23-5-12-37-13-6-23)46-34(45)40-16-10-26(11-17-40)41-18-9-25-3-1-2-4-29(25)38-33(41)44/h1-4,19-20,23-24,26,30,37,42H,5-18,21H2,(H,38,44)/t30-/m1/s1. The van der Waals surface area contributed by atoms with Crippen molar-refractivity contribution in [1.29, 1.82) is 0 Å². The predicted molar refractivity (Wildman–Crippen MR) is 177 cm³/mol. The summed E-state index contributed by atoms with van der Waals surface area (Å²) in [6.45, 7) is 4.81. The van der Waals surface area contributed by atoms with Gasteiger partial charge in [0.2, 0.25) is 0 Å². The lowest BCUT2D eigenvalue weighted by Gasteiger charge is -2.39. The van der Waals surface area contributed by atoms with Gasteiger partial charge in [-0.1, -0.05) is 41.4 Å². The van der Waals surface area contributed by atoms with E-state index in [2.05, 4.69) is 10.6 Å². The molecular formula is C34H43Cl2N5O5. The zero-order valence-electron chi connectivity index (χ0n) is 26.1. The Kier molecular flexibility index (Phi) is 10.5. The highest BCUT2D eigenvalue weighted by Gasteiger charge is 2.36. The fraction of sp³-hybridized carbons (Fsp3) is 0.559. The molecule has 12 heteroatoms. The Labute approximate surface area is 280 Å². The third-order valence-electron chi connectivity index (χ3n) is 10.2. The van der Waals surface area contributed by atoms with E-state index in [0.29, 0.717) is 63.0 Å². The number of phenolic OH excluding ortho intramolecular Hbond substituents is 1. The number of amides is 4. The lowest BCUT2D eigenvalue weighted by molar-refractivity contribution is -0.142. The molecule has 0 aromatic heterocycles. The minimum absolute atomic E-state index is 0.00156. The number of fused-ring (bicyclic) bond motifs is 1. The Balaban J connectivity index is 1.09. The number of para-hydroxylation sites is 1. The molecule has 248 valence electrons. The molecule has 10 nitrogen and oxygen atoms in total. The molecule has 0 saturated carbocycles. The fourth-order valence-electron chi connectivity index (χ4n) is 7.53. The SMILES string of the molecule is O=C(O[C@H](Cc1cc(Cl)c(O)c(Cl)c1)C(=O)N1CCC(C2CCNCC2)CC1)N1CCC(N2CCc3ccccc3NC2=O)CC1. The Bertz CT molecular complexity index is 1400. The van der Waals surface area contributed by atoms with Crippen LogP contribution in [0.2, 0.25) is 10.0 Å². The number of halogens is 2. The molecule has 3 fully saturated rings. The van der Waals surface area contributed by atoms with Crippen molar-refractivity contribution in [2.45, 2.75) is 63.5 Å². The smallest absolute Gasteiger partial charge is 0.410 e. The molecular weight excluding hydrogens is 629 g/mol. The first kappa shape index (κ1) is 32.7. The van der Waals surface area contributed by atoms with Crippen molar-refractivity contribution in [3.05, 3.63) is 57.6 Å². The third kappa shape index (κ3) is 7.50. The van der Waals surface area contributed by atoms with Crippen LogP contribution >= 0.6 is 23.2 Å². The molecule has 0 radical (unpaired) electrons. The molecule has 3 N–H and O–H groups in total. The highest BCUT2D eigenvalue weighted by Crippen LogP contribution is 2.34. The van der Waals surface area contributed by atoms with Crippen molar-refractivity contribution >= 4 is 46.9 Å². The molecule has 2 aromatic rings. The lowest BCUT2D eigenvalue weighted by Crippen LogP contribution is -2.52. The zero-order valence-corrected chi connectivity index (χ0v) is 27.6. The minimum atomic E-state index is -1.06. The molecule has 0 unspecified atom stereocenters. The van der Waals surface area contributed by atoms with Gasteiger partial charge >= 0.3 is 12.1 Å². The number of rotatable bonds is 6. The Morgan fingerprint density at radius 2 is 1.52 bits per heavy atom. The second-order valence-electron chi connectivity index (χ2n) is 13.0. The van der Waals surface area contributed by atoms with Crippen LogP contribution in [0, 0.1) is 11.8 Å². The molecule has 6 rings (SSSR count). The van der Waals surface area contributed by atoms with E-state index in [-0.39, 0.29) is 40.2 Å². The summed E-state index contributed by atoms with van der Waals surface area (Å²) in [4.78, 5) is 45.8. The number of carbonyl (C=O) groups excluding carboxylic acids is 3. The molecule has 1 atom stereocenters. The third-order valence-corrected chi connectivity index (χ3v) is 10.8. The van der Waals surface area contributed by atoms with Gasteiger partial charge < -0.3 is 35.2 Å². The normalized spacial score (nSPS) is 20.9. The molecule has 4 amide bonds. The topological polar surface area (TPSA) is 114 Å². The number of anilines is 1. The molecule has 0 bridgehead atoms. The summed E-state index contributed by atoms with van der Waals surface area (Å²) in [5.74, 6) is 0.834. The first-order valence-electron chi connectivity index (χ1n) is 16.5. The van der Waals surface area contributed by atoms with Crippen LogP contribution in [0.1, 0.15) is 49.7 Å². The lowest BCUT2D eigenvalue weighted by atomic mass is 9.79. The first-order chi connectivity index (χ1) is 22.3. The Hall–Kier alpha value is -3.21. The van der Waals surface area contributed by atoms with Crippen LogP contribution < -0.4 is 10.6 Å². The summed E-state index contributed by atoms with van der Waals surface area (Å²) in [5.41, 5.74) is 2.55. The van der Waals surface area contributed by atoms with Gasteiger partial charge in [-0.15, -0.1) is 0 Å². The minimum Gasteiger partial charge on any atom is -0.505 e. The second-order valence-corrected chi connectivity index (χ2v) is 13.8. The molecule has 3 saturated heterocycles. The Morgan fingerprint density at radius 3 is 2.22 bits per heavy atom. The largest absolute Gasteiger partial charge is 0.505 e. The van der Waals surface area contributed by atoms with Gasteiger partial charge in [0.15, 0.2) is 11.9 Å². The summed E-state index contributed by atoms with van der Waals surface area (Å²) in [6, 6.07) is 10.8. The number of urea groups is 1. The van der Waals surface area contributed by atoms with E-state index in [1.54, 1.807) is 17.0 Å². The van der Waals surface area contributed by atoms with Crippen LogP contribution in [0.4, 0.5) is 15.3 Å². The van der Waals surface area contributed by atoms with E-state index in [1.807, 2.05) is 34.1 Å². The molecule has 46 heavy (non-hydrogen) atoms. The van der Waals surface area contributed by atoms with Crippen LogP contribution in [0.15, 0.2) is 36.4 Å². The summed E-state index contributed by atoms with van der Waals surface area (Å²) < 4.78 is 5.97. The van der Waals surface area contributed by atoms with Crippen molar-refractivity contribution in [2.24, 2.45) is 11.8 Å². The maximum Gasteiger partial charge on any atom is 0.410 e. The van der Waals surface area contributed by atoms with Crippen molar-refractivity contribution in [3.8, 4) is 5.75 Å². The van der Waals surface area contributed by atoms with Crippen molar-refractivity contribution in [3.63, 3.8) is 0 Å². The quantitative estimate of drug-likeness (QED) is 0.372. The summed E-state index contributed by atoms with van der Waals surface area (Å²) in [7, 11) is 0. The number of hydrogen-bond donors (Lipinski definition) is 3. The molecule has 4 heterocycles. The fourth-order valence-corrected chi connectivity index (χ4v) is 8.07. The summed E-state index contributed by atoms with van der Waals surface area (Å²) in [5, 5.41) is 16.7. The molecule has 0 aliphatic carbocycles. The zero-order chi connectivity index (χ0) is 32.2. The maximum absolute atomic E-state index is 13.9. The van der Waals surface area contributed by atoms with Crippen molar-refractivity contribution in [1.82, 2.24) is 20.0 Å². The number of likely N-dealkylation sites (tertiary alicyclic amines) is 2. The van der Waals surface area contributed by atoms with Crippen LogP contribution in [0.3, 0.4) is 0 Å². The van der Waals surface area contributed by atoms with Crippen LogP contribution in [-0.2, 0) is 22.4 Å². The van der Waals surface area contributed by atoms with Gasteiger partial charge in [0.1, 0.15) is 0 Å². The average molecular weight is 673 g/mol. The van der Waals surface area contributed by atoms with Gasteiger partial charge in [-0.3, -0.25) is 4.79 Å². The Morgan fingerprint density at radius 1 is 0.891 bits per heavy atom. The number of hydrogen-bond acceptors (Lipinski definition) is 6. The molecule has 2 aromatic carbocycles. The highest BCUT2D eigenvalue weighted by atomic mass is 35.5. The monoisotopic (exact) mass is 671 g/mol. The molecule has 4 aliphatic heterocycles. The number of ether oxygens (including phenoxy) is 1. The number of benzene rings is 2. The number of piperidine rings is 3. The van der Waals surface area contributed by atoms with E-state index in [1.165, 1.54) is 12.8 Å². The number of aromatic hydroxyl groups is 1. The second kappa shape index (κ2) is 14.7. The first-order valence-corrected chi connectivity index (χ1v) is 17.3. The van der Waals surface area contributed by atoms with Gasteiger partial charge in [0.05, 0.1) is 10.0 Å². The van der Waals surface area contributed by atoms with Gasteiger partial charge in [-0.05, 0) is 99.2 Å². The van der Waals surface area contributed by atoms with E-state index < -0.39 is 12.2 Å². The predicted octanol–water partition coefficient (Wildman–Crippen LogP) is 5.54. The summed E-state index contributed by atoms with van der Waals surface area (Å²) in [6.07, 6.45) is 4.70. The number of carbonyl (C=O) groups is 3.